The van der Waals surface area contributed by atoms with Crippen molar-refractivity contribution in [2.75, 3.05) is 53.3 Å². The van der Waals surface area contributed by atoms with E-state index in [1.54, 1.807) is 42.0 Å². The zero-order chi connectivity index (χ0) is 27.7. The van der Waals surface area contributed by atoms with E-state index in [0.29, 0.717) is 43.4 Å². The van der Waals surface area contributed by atoms with Crippen LogP contribution in [0.5, 0.6) is 0 Å². The van der Waals surface area contributed by atoms with Gasteiger partial charge < -0.3 is 14.4 Å². The van der Waals surface area contributed by atoms with Crippen molar-refractivity contribution in [2.24, 2.45) is 13.0 Å². The summed E-state index contributed by atoms with van der Waals surface area (Å²) < 4.78 is 53.3. The minimum atomic E-state index is -3.43. The van der Waals surface area contributed by atoms with E-state index in [4.69, 9.17) is 4.98 Å². The number of carbonyl (C=O) groups is 1. The first-order valence-electron chi connectivity index (χ1n) is 12.8. The number of nitrogens with zero attached hydrogens (tertiary/aromatic N) is 7. The number of anilines is 3. The molecule has 3 aromatic rings. The summed E-state index contributed by atoms with van der Waals surface area (Å²) in [6, 6.07) is 9.38. The molecule has 6 rings (SSSR count). The molecule has 40 heavy (non-hydrogen) atoms. The molecule has 1 aromatic carbocycles. The summed E-state index contributed by atoms with van der Waals surface area (Å²) in [6.07, 6.45) is 3.13. The molecular weight excluding hydrogens is 564 g/mol. The van der Waals surface area contributed by atoms with Crippen molar-refractivity contribution in [3.63, 3.8) is 0 Å². The van der Waals surface area contributed by atoms with Gasteiger partial charge in [-0.3, -0.25) is 22.5 Å². The normalized spacial score (nSPS) is 21.6. The largest absolute Gasteiger partial charge is 0.353 e. The molecule has 0 spiro atoms. The Hall–Kier alpha value is -3.13. The van der Waals surface area contributed by atoms with E-state index in [-0.39, 0.29) is 31.3 Å². The first-order valence-corrected chi connectivity index (χ1v) is 14.2. The Morgan fingerprint density at radius 3 is 2.42 bits per heavy atom. The monoisotopic (exact) mass is 595 g/mol. The lowest BCUT2D eigenvalue weighted by molar-refractivity contribution is 0.0730. The first kappa shape index (κ1) is 28.4. The molecule has 2 aliphatic heterocycles. The second kappa shape index (κ2) is 10.1. The van der Waals surface area contributed by atoms with Crippen molar-refractivity contribution in [1.82, 2.24) is 19.4 Å². The van der Waals surface area contributed by atoms with Crippen LogP contribution in [0.3, 0.4) is 0 Å². The summed E-state index contributed by atoms with van der Waals surface area (Å²) in [7, 11) is -0.0664. The molecular formula is C26H32ClF2N7O3S. The summed E-state index contributed by atoms with van der Waals surface area (Å²) in [5.41, 5.74) is 3.57. The number of alkyl halides is 2. The van der Waals surface area contributed by atoms with Gasteiger partial charge in [0.2, 0.25) is 0 Å². The smallest absolute Gasteiger partial charge is 0.289 e. The highest BCUT2D eigenvalue weighted by atomic mass is 35.5. The molecule has 1 unspecified atom stereocenters. The molecule has 14 heteroatoms. The Bertz CT molecular complexity index is 1450. The molecule has 1 saturated heterocycles. The van der Waals surface area contributed by atoms with Gasteiger partial charge in [-0.15, -0.1) is 12.4 Å². The van der Waals surface area contributed by atoms with E-state index in [1.165, 1.54) is 8.61 Å². The summed E-state index contributed by atoms with van der Waals surface area (Å²) in [6.45, 7) is 4.19. The Balaban J connectivity index is 0.00000323. The number of rotatable bonds is 5. The number of benzene rings is 1. The van der Waals surface area contributed by atoms with Gasteiger partial charge >= 0.3 is 0 Å². The number of imidazole rings is 1. The van der Waals surface area contributed by atoms with Gasteiger partial charge in [-0.05, 0) is 41.6 Å². The Morgan fingerprint density at radius 1 is 1.10 bits per heavy atom. The summed E-state index contributed by atoms with van der Waals surface area (Å²) in [5, 5.41) is 0. The third-order valence-electron chi connectivity index (χ3n) is 7.85. The fourth-order valence-corrected chi connectivity index (χ4v) is 6.75. The molecule has 0 bridgehead atoms. The second-order valence-corrected chi connectivity index (χ2v) is 12.4. The van der Waals surface area contributed by atoms with Gasteiger partial charge in [0.15, 0.2) is 5.82 Å². The average molecular weight is 596 g/mol. The van der Waals surface area contributed by atoms with Gasteiger partial charge in [0, 0.05) is 77.1 Å². The number of pyridine rings is 1. The lowest BCUT2D eigenvalue weighted by Crippen LogP contribution is -2.49. The van der Waals surface area contributed by atoms with E-state index in [9.17, 15) is 22.7 Å². The quantitative estimate of drug-likeness (QED) is 0.439. The Labute approximate surface area is 239 Å². The van der Waals surface area contributed by atoms with E-state index < -0.39 is 22.8 Å². The highest BCUT2D eigenvalue weighted by Gasteiger charge is 2.59. The van der Waals surface area contributed by atoms with Gasteiger partial charge in [0.25, 0.3) is 11.8 Å². The molecule has 2 aromatic heterocycles. The maximum absolute atomic E-state index is 13.6. The molecule has 2 fully saturated rings. The molecule has 2 N–H and O–H groups in total. The molecule has 0 radical (unpaired) electrons. The standard InChI is InChI=1S/C26H31F2N7O3S.ClH/c1-17-4-7-22(33-10-12-34(13-11-33)25(36)24-29-8-9-31(24)2)30-23(17)18-5-6-20-21(14-18)32(3)39(37,38)35(20)16-19-15-26(19,27)28;/h4-9,14,19,37-38H,10-13,15-16H2,1-3H3;1H. The fraction of sp³-hybridized carbons (Fsp3) is 0.423. The second-order valence-electron chi connectivity index (χ2n) is 10.4. The molecule has 1 saturated carbocycles. The third kappa shape index (κ3) is 4.74. The van der Waals surface area contributed by atoms with Gasteiger partial charge in [0.05, 0.1) is 17.1 Å². The van der Waals surface area contributed by atoms with Gasteiger partial charge in [-0.25, -0.2) is 18.7 Å². The molecule has 4 heterocycles. The van der Waals surface area contributed by atoms with Gasteiger partial charge in [-0.2, -0.15) is 0 Å². The number of fused-ring (bicyclic) bond motifs is 1. The fourth-order valence-electron chi connectivity index (χ4n) is 5.25. The van der Waals surface area contributed by atoms with Crippen LogP contribution in [0.1, 0.15) is 22.6 Å². The van der Waals surface area contributed by atoms with Crippen molar-refractivity contribution < 1.29 is 22.7 Å². The lowest BCUT2D eigenvalue weighted by Gasteiger charge is -2.42. The molecule has 10 nitrogen and oxygen atoms in total. The minimum absolute atomic E-state index is 0. The van der Waals surface area contributed by atoms with Crippen LogP contribution in [0.15, 0.2) is 42.7 Å². The van der Waals surface area contributed by atoms with Crippen LogP contribution in [0.2, 0.25) is 0 Å². The van der Waals surface area contributed by atoms with E-state index in [0.717, 1.165) is 22.6 Å². The Morgan fingerprint density at radius 2 is 1.80 bits per heavy atom. The van der Waals surface area contributed by atoms with E-state index in [2.05, 4.69) is 9.88 Å². The topological polar surface area (TPSA) is 101 Å². The van der Waals surface area contributed by atoms with Crippen LogP contribution in [0.25, 0.3) is 11.3 Å². The van der Waals surface area contributed by atoms with Gasteiger partial charge in [0.1, 0.15) is 5.82 Å². The first-order chi connectivity index (χ1) is 18.5. The van der Waals surface area contributed by atoms with Crippen LogP contribution >= 0.6 is 23.4 Å². The molecule has 1 atom stereocenters. The predicted molar refractivity (Wildman–Crippen MR) is 155 cm³/mol. The molecule has 3 aliphatic rings. The SMILES string of the molecule is Cc1ccc(N2CCN(C(=O)c3nccn3C)CC2)nc1-c1ccc2c(c1)N(C)S(O)(O)N2CC1CC1(F)F.Cl. The van der Waals surface area contributed by atoms with Crippen molar-refractivity contribution in [2.45, 2.75) is 19.3 Å². The van der Waals surface area contributed by atoms with E-state index in [1.807, 2.05) is 31.2 Å². The molecule has 1 amide bonds. The number of halogens is 3. The van der Waals surface area contributed by atoms with Crippen molar-refractivity contribution in [3.05, 3.63) is 54.1 Å². The van der Waals surface area contributed by atoms with Crippen LogP contribution in [0, 0.1) is 12.8 Å². The number of carbonyl (C=O) groups excluding carboxylic acids is 1. The highest BCUT2D eigenvalue weighted by Crippen LogP contribution is 2.63. The maximum Gasteiger partial charge on any atom is 0.289 e. The average Bonchev–Trinajstić information content (AvgIpc) is 3.21. The van der Waals surface area contributed by atoms with Crippen molar-refractivity contribution >= 4 is 46.5 Å². The maximum atomic E-state index is 13.6. The number of hydrogen-bond donors (Lipinski definition) is 2. The lowest BCUT2D eigenvalue weighted by atomic mass is 10.0. The number of amides is 1. The summed E-state index contributed by atoms with van der Waals surface area (Å²) in [4.78, 5) is 25.9. The highest BCUT2D eigenvalue weighted by molar-refractivity contribution is 8.26. The zero-order valence-corrected chi connectivity index (χ0v) is 24.0. The third-order valence-corrected chi connectivity index (χ3v) is 9.72. The van der Waals surface area contributed by atoms with Crippen LogP contribution in [-0.2, 0) is 7.05 Å². The van der Waals surface area contributed by atoms with Gasteiger partial charge in [-0.1, -0.05) is 12.1 Å². The van der Waals surface area contributed by atoms with Crippen LogP contribution in [-0.4, -0.2) is 80.1 Å². The predicted octanol–water partition coefficient (Wildman–Crippen LogP) is 4.67. The summed E-state index contributed by atoms with van der Waals surface area (Å²) >= 11 is 0. The number of aromatic nitrogens is 3. The van der Waals surface area contributed by atoms with E-state index >= 15 is 0 Å². The minimum Gasteiger partial charge on any atom is -0.353 e. The number of aryl methyl sites for hydroxylation is 2. The molecule has 216 valence electrons. The number of piperazine rings is 1. The molecule has 1 aliphatic carbocycles. The number of hydrogen-bond acceptors (Lipinski definition) is 8. The Kier molecular flexibility index (Phi) is 7.14. The summed E-state index contributed by atoms with van der Waals surface area (Å²) in [5.74, 6) is -2.53. The van der Waals surface area contributed by atoms with Crippen molar-refractivity contribution in [3.8, 4) is 11.3 Å². The van der Waals surface area contributed by atoms with Crippen LogP contribution in [0.4, 0.5) is 26.0 Å². The van der Waals surface area contributed by atoms with Crippen molar-refractivity contribution in [1.29, 1.82) is 0 Å². The zero-order valence-electron chi connectivity index (χ0n) is 22.4. The van der Waals surface area contributed by atoms with Crippen LogP contribution < -0.4 is 13.5 Å².